The third-order valence-corrected chi connectivity index (χ3v) is 7.88. The van der Waals surface area contributed by atoms with Gasteiger partial charge in [-0.05, 0) is 55.3 Å². The molecule has 0 spiro atoms. The lowest BCUT2D eigenvalue weighted by Crippen LogP contribution is -2.37. The quantitative estimate of drug-likeness (QED) is 0.365. The van der Waals surface area contributed by atoms with Crippen molar-refractivity contribution in [1.82, 2.24) is 14.5 Å². The van der Waals surface area contributed by atoms with Crippen LogP contribution >= 0.6 is 0 Å². The van der Waals surface area contributed by atoms with Gasteiger partial charge in [-0.15, -0.1) is 0 Å². The molecule has 2 aromatic carbocycles. The summed E-state index contributed by atoms with van der Waals surface area (Å²) in [7, 11) is 0. The molecule has 0 bridgehead atoms. The number of halogens is 2. The summed E-state index contributed by atoms with van der Waals surface area (Å²) in [5.74, 6) is -2.30. The van der Waals surface area contributed by atoms with E-state index in [1.54, 1.807) is 12.4 Å². The molecule has 0 saturated carbocycles. The normalized spacial score (nSPS) is 19.0. The van der Waals surface area contributed by atoms with E-state index in [1.165, 1.54) is 12.1 Å². The number of nitrogens with zero attached hydrogens (tertiary/aromatic N) is 5. The van der Waals surface area contributed by atoms with Crippen molar-refractivity contribution >= 4 is 23.2 Å². The van der Waals surface area contributed by atoms with E-state index in [-0.39, 0.29) is 5.91 Å². The number of imidazole rings is 1. The highest BCUT2D eigenvalue weighted by molar-refractivity contribution is 5.93. The number of morpholine rings is 1. The van der Waals surface area contributed by atoms with E-state index in [0.29, 0.717) is 37.8 Å². The van der Waals surface area contributed by atoms with Gasteiger partial charge in [0.25, 0.3) is 0 Å². The number of carbonyl (C=O) groups excluding carboxylic acids is 1. The molecular weight excluding hydrogens is 526 g/mol. The van der Waals surface area contributed by atoms with Gasteiger partial charge in [-0.1, -0.05) is 12.1 Å². The van der Waals surface area contributed by atoms with Crippen molar-refractivity contribution in [3.05, 3.63) is 95.6 Å². The summed E-state index contributed by atoms with van der Waals surface area (Å²) < 4.78 is 36.2. The summed E-state index contributed by atoms with van der Waals surface area (Å²) in [6, 6.07) is 13.6. The summed E-state index contributed by atoms with van der Waals surface area (Å²) >= 11 is 0. The number of aryl methyl sites for hydroxylation is 2. The molecule has 0 unspecified atom stereocenters. The molecule has 6 rings (SSSR count). The van der Waals surface area contributed by atoms with Gasteiger partial charge in [-0.25, -0.2) is 13.8 Å². The second-order valence-electron chi connectivity index (χ2n) is 10.6. The minimum atomic E-state index is -0.656. The molecule has 2 aliphatic heterocycles. The first kappa shape index (κ1) is 26.9. The van der Waals surface area contributed by atoms with Crippen molar-refractivity contribution in [1.29, 1.82) is 0 Å². The predicted octanol–water partition coefficient (Wildman–Crippen LogP) is 4.86. The Balaban J connectivity index is 1.31. The van der Waals surface area contributed by atoms with E-state index in [9.17, 15) is 9.18 Å². The molecule has 10 heteroatoms. The van der Waals surface area contributed by atoms with Gasteiger partial charge in [-0.3, -0.25) is 19.7 Å². The van der Waals surface area contributed by atoms with Gasteiger partial charge in [0, 0.05) is 68.1 Å². The Labute approximate surface area is 237 Å². The third kappa shape index (κ3) is 5.52. The molecule has 0 aliphatic carbocycles. The number of ether oxygens (including phenoxy) is 1. The SMILES string of the molecule is Cc1ccc(-n2ccnc2NC(=O)[C@@H]2CN(c3ccnc(C)c3)C[C@H]2c2ccc(F)cc2F)c(N2CCOCC2)c1. The molecule has 0 radical (unpaired) electrons. The van der Waals surface area contributed by atoms with E-state index in [0.717, 1.165) is 47.5 Å². The minimum Gasteiger partial charge on any atom is -0.378 e. The molecule has 2 fully saturated rings. The number of pyridine rings is 1. The lowest BCUT2D eigenvalue weighted by molar-refractivity contribution is -0.119. The van der Waals surface area contributed by atoms with Crippen molar-refractivity contribution in [2.45, 2.75) is 19.8 Å². The Hall–Kier alpha value is -4.31. The van der Waals surface area contributed by atoms with Crippen LogP contribution in [-0.2, 0) is 9.53 Å². The van der Waals surface area contributed by atoms with E-state index >= 15 is 4.39 Å². The van der Waals surface area contributed by atoms with Gasteiger partial charge in [-0.2, -0.15) is 0 Å². The van der Waals surface area contributed by atoms with Gasteiger partial charge < -0.3 is 14.5 Å². The fourth-order valence-electron chi connectivity index (χ4n) is 5.81. The third-order valence-electron chi connectivity index (χ3n) is 7.88. The summed E-state index contributed by atoms with van der Waals surface area (Å²) in [6.07, 6.45) is 5.19. The highest BCUT2D eigenvalue weighted by Gasteiger charge is 2.40. The van der Waals surface area contributed by atoms with E-state index in [1.807, 2.05) is 42.0 Å². The van der Waals surface area contributed by atoms with Gasteiger partial charge in [0.15, 0.2) is 0 Å². The second kappa shape index (κ2) is 11.3. The molecule has 1 amide bonds. The first-order valence-electron chi connectivity index (χ1n) is 13.8. The van der Waals surface area contributed by atoms with Crippen LogP contribution in [0.1, 0.15) is 22.7 Å². The molecule has 1 N–H and O–H groups in total. The van der Waals surface area contributed by atoms with Crippen LogP contribution in [0.15, 0.2) is 67.1 Å². The van der Waals surface area contributed by atoms with Gasteiger partial charge in [0.1, 0.15) is 11.6 Å². The summed E-state index contributed by atoms with van der Waals surface area (Å²) in [5.41, 5.74) is 5.12. The van der Waals surface area contributed by atoms with Gasteiger partial charge >= 0.3 is 0 Å². The fourth-order valence-corrected chi connectivity index (χ4v) is 5.81. The zero-order valence-corrected chi connectivity index (χ0v) is 23.1. The molecule has 212 valence electrons. The van der Waals surface area contributed by atoms with Gasteiger partial charge in [0.05, 0.1) is 30.5 Å². The fraction of sp³-hybridized carbons (Fsp3) is 0.323. The Morgan fingerprint density at radius 2 is 1.76 bits per heavy atom. The van der Waals surface area contributed by atoms with Crippen LogP contribution in [0.2, 0.25) is 0 Å². The molecule has 4 heterocycles. The molecule has 2 aliphatic rings. The minimum absolute atomic E-state index is 0.278. The monoisotopic (exact) mass is 558 g/mol. The highest BCUT2D eigenvalue weighted by atomic mass is 19.1. The number of hydrogen-bond acceptors (Lipinski definition) is 6. The average molecular weight is 559 g/mol. The van der Waals surface area contributed by atoms with E-state index in [2.05, 4.69) is 38.1 Å². The topological polar surface area (TPSA) is 75.5 Å². The Morgan fingerprint density at radius 1 is 0.927 bits per heavy atom. The number of benzene rings is 2. The number of hydrogen-bond donors (Lipinski definition) is 1. The van der Waals surface area contributed by atoms with Crippen LogP contribution in [0.4, 0.5) is 26.1 Å². The maximum absolute atomic E-state index is 15.0. The Bertz CT molecular complexity index is 1570. The number of rotatable bonds is 6. The van der Waals surface area contributed by atoms with Crippen molar-refractivity contribution in [3.63, 3.8) is 0 Å². The lowest BCUT2D eigenvalue weighted by atomic mass is 9.88. The summed E-state index contributed by atoms with van der Waals surface area (Å²) in [5, 5.41) is 3.02. The van der Waals surface area contributed by atoms with Crippen LogP contribution < -0.4 is 15.1 Å². The lowest BCUT2D eigenvalue weighted by Gasteiger charge is -2.31. The Morgan fingerprint density at radius 3 is 2.54 bits per heavy atom. The summed E-state index contributed by atoms with van der Waals surface area (Å²) in [6.45, 7) is 7.55. The van der Waals surface area contributed by atoms with E-state index in [4.69, 9.17) is 4.74 Å². The number of carbonyl (C=O) groups is 1. The van der Waals surface area contributed by atoms with Crippen molar-refractivity contribution in [2.24, 2.45) is 5.92 Å². The molecule has 2 saturated heterocycles. The first-order valence-corrected chi connectivity index (χ1v) is 13.8. The van der Waals surface area contributed by atoms with E-state index < -0.39 is 23.5 Å². The summed E-state index contributed by atoms with van der Waals surface area (Å²) in [4.78, 5) is 27.0. The van der Waals surface area contributed by atoms with Crippen molar-refractivity contribution in [2.75, 3.05) is 54.5 Å². The number of amides is 1. The number of aromatic nitrogens is 3. The smallest absolute Gasteiger partial charge is 0.232 e. The van der Waals surface area contributed by atoms with Crippen LogP contribution in [-0.4, -0.2) is 59.8 Å². The van der Waals surface area contributed by atoms with Crippen LogP contribution in [0, 0.1) is 31.4 Å². The highest BCUT2D eigenvalue weighted by Crippen LogP contribution is 2.38. The number of nitrogens with one attached hydrogen (secondary N) is 1. The standard InChI is InChI=1S/C31H32F2N6O2/c1-20-3-6-28(29(15-20)37-11-13-41-14-12-37)39-10-9-35-31(39)36-30(40)26-19-38(23-7-8-34-21(2)16-23)18-25(26)24-5-4-22(32)17-27(24)33/h3-10,15-17,25-26H,11-14,18-19H2,1-2H3,(H,35,36,40)/t25-,26+/m0/s1. The predicted molar refractivity (Wildman–Crippen MR) is 154 cm³/mol. The van der Waals surface area contributed by atoms with Crippen molar-refractivity contribution < 1.29 is 18.3 Å². The average Bonchev–Trinajstić information content (AvgIpc) is 3.61. The van der Waals surface area contributed by atoms with Crippen LogP contribution in [0.5, 0.6) is 0 Å². The number of anilines is 3. The maximum Gasteiger partial charge on any atom is 0.232 e. The molecule has 8 nitrogen and oxygen atoms in total. The Kier molecular flexibility index (Phi) is 7.40. The molecular formula is C31H32F2N6O2. The maximum atomic E-state index is 15.0. The molecule has 2 atom stereocenters. The second-order valence-corrected chi connectivity index (χ2v) is 10.6. The first-order chi connectivity index (χ1) is 19.9. The molecule has 4 aromatic rings. The molecule has 41 heavy (non-hydrogen) atoms. The molecule has 2 aromatic heterocycles. The van der Waals surface area contributed by atoms with Crippen LogP contribution in [0.25, 0.3) is 5.69 Å². The zero-order chi connectivity index (χ0) is 28.5. The largest absolute Gasteiger partial charge is 0.378 e. The van der Waals surface area contributed by atoms with Crippen molar-refractivity contribution in [3.8, 4) is 5.69 Å². The zero-order valence-electron chi connectivity index (χ0n) is 23.1. The van der Waals surface area contributed by atoms with Gasteiger partial charge in [0.2, 0.25) is 11.9 Å². The van der Waals surface area contributed by atoms with Crippen LogP contribution in [0.3, 0.4) is 0 Å².